The molecule has 1 atom stereocenters. The highest BCUT2D eigenvalue weighted by Crippen LogP contribution is 2.29. The van der Waals surface area contributed by atoms with Gasteiger partial charge in [0.1, 0.15) is 5.75 Å². The van der Waals surface area contributed by atoms with Crippen LogP contribution in [0, 0.1) is 12.3 Å². The van der Waals surface area contributed by atoms with E-state index in [-0.39, 0.29) is 30.9 Å². The predicted octanol–water partition coefficient (Wildman–Crippen LogP) is 2.91. The van der Waals surface area contributed by atoms with Crippen LogP contribution in [0.5, 0.6) is 5.75 Å². The largest absolute Gasteiger partial charge is 0.484 e. The Labute approximate surface area is 241 Å². The van der Waals surface area contributed by atoms with Crippen molar-refractivity contribution in [2.45, 2.75) is 45.6 Å². The SMILES string of the molecule is COCCC1(C(=O)NCc2cccc(Cl)c2C)CNC(=O)CCCNCCCNC(=O)COc2ccc(cc2)C1. The van der Waals surface area contributed by atoms with Gasteiger partial charge in [-0.1, -0.05) is 35.9 Å². The number of hydrogen-bond acceptors (Lipinski definition) is 6. The standard InChI is InChI=1S/C30H41ClN4O5/c1-22-24(6-3-7-26(22)31)19-34-29(38)30(13-17-39-2)18-23-9-11-25(12-10-23)40-20-28(37)33-16-5-15-32-14-4-8-27(36)35-21-30/h3,6-7,9-12,32H,4-5,8,13-21H2,1-2H3,(H,33,37)(H,34,38)(H,35,36). The Morgan fingerprint density at radius 3 is 2.60 bits per heavy atom. The van der Waals surface area contributed by atoms with Crippen LogP contribution in [0.15, 0.2) is 42.5 Å². The summed E-state index contributed by atoms with van der Waals surface area (Å²) in [6, 6.07) is 13.0. The van der Waals surface area contributed by atoms with Gasteiger partial charge in [-0.3, -0.25) is 14.4 Å². The first kappa shape index (κ1) is 31.4. The summed E-state index contributed by atoms with van der Waals surface area (Å²) in [5, 5.41) is 12.9. The maximum absolute atomic E-state index is 13.9. The molecular formula is C30H41ClN4O5. The Morgan fingerprint density at radius 1 is 1.05 bits per heavy atom. The molecule has 40 heavy (non-hydrogen) atoms. The van der Waals surface area contributed by atoms with E-state index in [1.54, 1.807) is 19.2 Å². The molecule has 9 nitrogen and oxygen atoms in total. The number of ether oxygens (including phenoxy) is 2. The van der Waals surface area contributed by atoms with Crippen molar-refractivity contribution in [2.75, 3.05) is 46.5 Å². The highest BCUT2D eigenvalue weighted by molar-refractivity contribution is 6.31. The molecule has 4 N–H and O–H groups in total. The maximum Gasteiger partial charge on any atom is 0.257 e. The van der Waals surface area contributed by atoms with Crippen LogP contribution >= 0.6 is 11.6 Å². The molecule has 0 spiro atoms. The van der Waals surface area contributed by atoms with Crippen molar-refractivity contribution in [1.82, 2.24) is 21.3 Å². The Hall–Kier alpha value is -3.14. The molecule has 2 aromatic rings. The minimum Gasteiger partial charge on any atom is -0.484 e. The third kappa shape index (κ3) is 9.80. The first-order chi connectivity index (χ1) is 19.3. The quantitative estimate of drug-likeness (QED) is 0.423. The summed E-state index contributed by atoms with van der Waals surface area (Å²) in [7, 11) is 1.60. The van der Waals surface area contributed by atoms with E-state index in [1.165, 1.54) is 0 Å². The number of methoxy groups -OCH3 is 1. The Kier molecular flexibility index (Phi) is 12.7. The lowest BCUT2D eigenvalue weighted by Crippen LogP contribution is -2.50. The van der Waals surface area contributed by atoms with Gasteiger partial charge in [-0.2, -0.15) is 0 Å². The molecule has 2 aromatic carbocycles. The molecule has 2 bridgehead atoms. The fraction of sp³-hybridized carbons (Fsp3) is 0.500. The van der Waals surface area contributed by atoms with Crippen molar-refractivity contribution >= 4 is 29.3 Å². The molecule has 3 amide bonds. The molecule has 0 saturated carbocycles. The average Bonchev–Trinajstić information content (AvgIpc) is 2.95. The topological polar surface area (TPSA) is 118 Å². The van der Waals surface area contributed by atoms with Crippen LogP contribution < -0.4 is 26.0 Å². The first-order valence-electron chi connectivity index (χ1n) is 13.8. The normalized spacial score (nSPS) is 19.7. The van der Waals surface area contributed by atoms with Gasteiger partial charge < -0.3 is 30.7 Å². The Bertz CT molecular complexity index is 1130. The van der Waals surface area contributed by atoms with Gasteiger partial charge in [0.05, 0.1) is 5.41 Å². The second-order valence-corrected chi connectivity index (χ2v) is 10.6. The van der Waals surface area contributed by atoms with Gasteiger partial charge in [0.2, 0.25) is 11.8 Å². The molecule has 0 saturated heterocycles. The molecule has 2 aliphatic heterocycles. The van der Waals surface area contributed by atoms with Gasteiger partial charge in [0.25, 0.3) is 5.91 Å². The summed E-state index contributed by atoms with van der Waals surface area (Å²) in [6.07, 6.45) is 2.57. The number of nitrogens with one attached hydrogen (secondary N) is 4. The zero-order valence-corrected chi connectivity index (χ0v) is 24.2. The lowest BCUT2D eigenvalue weighted by atomic mass is 9.77. The van der Waals surface area contributed by atoms with E-state index in [9.17, 15) is 14.4 Å². The van der Waals surface area contributed by atoms with E-state index < -0.39 is 5.41 Å². The summed E-state index contributed by atoms with van der Waals surface area (Å²) in [6.45, 7) is 4.66. The van der Waals surface area contributed by atoms with Crippen molar-refractivity contribution < 1.29 is 23.9 Å². The molecule has 0 fully saturated rings. The maximum atomic E-state index is 13.9. The number of benzene rings is 2. The first-order valence-corrected chi connectivity index (χ1v) is 14.2. The Morgan fingerprint density at radius 2 is 1.82 bits per heavy atom. The summed E-state index contributed by atoms with van der Waals surface area (Å²) in [4.78, 5) is 38.8. The van der Waals surface area contributed by atoms with Gasteiger partial charge in [0, 0.05) is 44.8 Å². The van der Waals surface area contributed by atoms with Crippen molar-refractivity contribution in [1.29, 1.82) is 0 Å². The van der Waals surface area contributed by atoms with Crippen LogP contribution in [0.25, 0.3) is 0 Å². The number of fused-ring (bicyclic) bond motifs is 17. The summed E-state index contributed by atoms with van der Waals surface area (Å²) >= 11 is 6.29. The van der Waals surface area contributed by atoms with Crippen LogP contribution in [0.2, 0.25) is 5.02 Å². The number of hydrogen-bond donors (Lipinski definition) is 4. The van der Waals surface area contributed by atoms with Crippen molar-refractivity contribution in [3.05, 3.63) is 64.2 Å². The molecular weight excluding hydrogens is 532 g/mol. The second-order valence-electron chi connectivity index (χ2n) is 10.2. The molecule has 4 rings (SSSR count). The predicted molar refractivity (Wildman–Crippen MR) is 155 cm³/mol. The lowest BCUT2D eigenvalue weighted by molar-refractivity contribution is -0.133. The molecule has 2 aliphatic rings. The summed E-state index contributed by atoms with van der Waals surface area (Å²) < 4.78 is 11.0. The summed E-state index contributed by atoms with van der Waals surface area (Å²) in [5.74, 6) is 0.101. The minimum absolute atomic E-state index is 0.0676. The van der Waals surface area contributed by atoms with Crippen molar-refractivity contribution in [3.8, 4) is 5.75 Å². The molecule has 0 aliphatic carbocycles. The van der Waals surface area contributed by atoms with E-state index in [2.05, 4.69) is 21.3 Å². The van der Waals surface area contributed by atoms with E-state index in [0.29, 0.717) is 62.7 Å². The van der Waals surface area contributed by atoms with Crippen molar-refractivity contribution in [2.24, 2.45) is 5.41 Å². The monoisotopic (exact) mass is 572 g/mol. The number of carbonyl (C=O) groups is 3. The summed E-state index contributed by atoms with van der Waals surface area (Å²) in [5.41, 5.74) is 1.78. The zero-order chi connectivity index (χ0) is 28.8. The fourth-order valence-corrected chi connectivity index (χ4v) is 4.80. The zero-order valence-electron chi connectivity index (χ0n) is 23.4. The lowest BCUT2D eigenvalue weighted by Gasteiger charge is -2.33. The van der Waals surface area contributed by atoms with Crippen molar-refractivity contribution in [3.63, 3.8) is 0 Å². The minimum atomic E-state index is -0.959. The van der Waals surface area contributed by atoms with Gasteiger partial charge >= 0.3 is 0 Å². The number of carbonyl (C=O) groups excluding carboxylic acids is 3. The van der Waals surface area contributed by atoms with E-state index >= 15 is 0 Å². The van der Waals surface area contributed by atoms with Gasteiger partial charge in [-0.25, -0.2) is 0 Å². The van der Waals surface area contributed by atoms with E-state index in [0.717, 1.165) is 29.7 Å². The van der Waals surface area contributed by atoms with Gasteiger partial charge in [-0.15, -0.1) is 0 Å². The van der Waals surface area contributed by atoms with Crippen LogP contribution in [0.4, 0.5) is 0 Å². The van der Waals surface area contributed by atoms with Crippen LogP contribution in [-0.4, -0.2) is 64.2 Å². The van der Waals surface area contributed by atoms with Crippen LogP contribution in [-0.2, 0) is 32.1 Å². The molecule has 0 aromatic heterocycles. The fourth-order valence-electron chi connectivity index (χ4n) is 4.61. The highest BCUT2D eigenvalue weighted by Gasteiger charge is 2.38. The number of halogens is 1. The third-order valence-electron chi connectivity index (χ3n) is 7.16. The average molecular weight is 573 g/mol. The van der Waals surface area contributed by atoms with Crippen LogP contribution in [0.3, 0.4) is 0 Å². The molecule has 10 heteroatoms. The van der Waals surface area contributed by atoms with Gasteiger partial charge in [-0.05, 0) is 80.6 Å². The highest BCUT2D eigenvalue weighted by atomic mass is 35.5. The smallest absolute Gasteiger partial charge is 0.257 e. The van der Waals surface area contributed by atoms with E-state index in [1.807, 2.05) is 37.3 Å². The Balaban J connectivity index is 1.84. The molecule has 218 valence electrons. The van der Waals surface area contributed by atoms with E-state index in [4.69, 9.17) is 21.1 Å². The molecule has 0 radical (unpaired) electrons. The van der Waals surface area contributed by atoms with Gasteiger partial charge in [0.15, 0.2) is 6.61 Å². The third-order valence-corrected chi connectivity index (χ3v) is 7.56. The van der Waals surface area contributed by atoms with Crippen LogP contribution in [0.1, 0.15) is 42.4 Å². The number of rotatable bonds is 6. The molecule has 2 heterocycles. The number of amides is 3. The second kappa shape index (κ2) is 16.2. The molecule has 1 unspecified atom stereocenters.